The first-order valence-corrected chi connectivity index (χ1v) is 6.13. The van der Waals surface area contributed by atoms with Gasteiger partial charge in [0.25, 0.3) is 0 Å². The Morgan fingerprint density at radius 3 is 2.76 bits per heavy atom. The first-order valence-electron chi connectivity index (χ1n) is 6.13. The third-order valence-corrected chi connectivity index (χ3v) is 3.32. The van der Waals surface area contributed by atoms with E-state index in [2.05, 4.69) is 0 Å². The molecule has 1 fully saturated rings. The average molecular weight is 234 g/mol. The number of carboxylic acids is 1. The summed E-state index contributed by atoms with van der Waals surface area (Å²) in [7, 11) is 0. The zero-order valence-corrected chi connectivity index (χ0v) is 9.84. The molecule has 0 radical (unpaired) electrons. The fourth-order valence-corrected chi connectivity index (χ4v) is 2.39. The third-order valence-electron chi connectivity index (χ3n) is 3.32. The number of ether oxygens (including phenoxy) is 1. The summed E-state index contributed by atoms with van der Waals surface area (Å²) in [5.41, 5.74) is 0.894. The zero-order valence-electron chi connectivity index (χ0n) is 9.84. The molecule has 92 valence electrons. The number of benzene rings is 1. The second kappa shape index (κ2) is 5.82. The molecule has 0 spiro atoms. The summed E-state index contributed by atoms with van der Waals surface area (Å²) in [4.78, 5) is 11.3. The Bertz CT molecular complexity index is 355. The van der Waals surface area contributed by atoms with E-state index in [-0.39, 0.29) is 0 Å². The SMILES string of the molecule is O=C(O)C(CC1CCCOC1)c1ccccc1. The molecule has 17 heavy (non-hydrogen) atoms. The average Bonchev–Trinajstić information content (AvgIpc) is 2.38. The van der Waals surface area contributed by atoms with Crippen LogP contribution in [0.15, 0.2) is 30.3 Å². The maximum absolute atomic E-state index is 11.3. The molecule has 1 aliphatic rings. The van der Waals surface area contributed by atoms with E-state index in [1.54, 1.807) is 0 Å². The molecule has 1 heterocycles. The normalized spacial score (nSPS) is 22.0. The van der Waals surface area contributed by atoms with E-state index in [1.807, 2.05) is 30.3 Å². The first kappa shape index (κ1) is 12.1. The van der Waals surface area contributed by atoms with Gasteiger partial charge in [0, 0.05) is 13.2 Å². The molecule has 0 aromatic heterocycles. The minimum atomic E-state index is -0.734. The van der Waals surface area contributed by atoms with Crippen LogP contribution in [0.1, 0.15) is 30.7 Å². The molecule has 2 unspecified atom stereocenters. The van der Waals surface area contributed by atoms with Crippen molar-refractivity contribution in [2.75, 3.05) is 13.2 Å². The van der Waals surface area contributed by atoms with Crippen molar-refractivity contribution >= 4 is 5.97 Å². The Labute approximate surface area is 101 Å². The third kappa shape index (κ3) is 3.30. The predicted molar refractivity (Wildman–Crippen MR) is 65.0 cm³/mol. The van der Waals surface area contributed by atoms with Crippen LogP contribution >= 0.6 is 0 Å². The highest BCUT2D eigenvalue weighted by Crippen LogP contribution is 2.28. The van der Waals surface area contributed by atoms with E-state index >= 15 is 0 Å². The number of hydrogen-bond acceptors (Lipinski definition) is 2. The number of carbonyl (C=O) groups is 1. The molecule has 1 aliphatic heterocycles. The molecule has 1 aromatic carbocycles. The van der Waals surface area contributed by atoms with Crippen molar-refractivity contribution in [2.45, 2.75) is 25.2 Å². The smallest absolute Gasteiger partial charge is 0.310 e. The summed E-state index contributed by atoms with van der Waals surface area (Å²) in [5.74, 6) is -0.755. The van der Waals surface area contributed by atoms with E-state index in [0.717, 1.165) is 25.0 Å². The lowest BCUT2D eigenvalue weighted by molar-refractivity contribution is -0.139. The zero-order chi connectivity index (χ0) is 12.1. The number of hydrogen-bond donors (Lipinski definition) is 1. The van der Waals surface area contributed by atoms with Gasteiger partial charge in [-0.05, 0) is 30.7 Å². The molecule has 0 amide bonds. The van der Waals surface area contributed by atoms with Gasteiger partial charge in [0.15, 0.2) is 0 Å². The van der Waals surface area contributed by atoms with Gasteiger partial charge in [0.05, 0.1) is 5.92 Å². The molecule has 0 aliphatic carbocycles. The minimum Gasteiger partial charge on any atom is -0.481 e. The Morgan fingerprint density at radius 1 is 1.41 bits per heavy atom. The highest BCUT2D eigenvalue weighted by Gasteiger charge is 2.25. The molecule has 2 rings (SSSR count). The van der Waals surface area contributed by atoms with Gasteiger partial charge in [-0.15, -0.1) is 0 Å². The Hall–Kier alpha value is -1.35. The predicted octanol–water partition coefficient (Wildman–Crippen LogP) is 2.67. The molecule has 3 heteroatoms. The Kier molecular flexibility index (Phi) is 4.15. The lowest BCUT2D eigenvalue weighted by Gasteiger charge is -2.25. The van der Waals surface area contributed by atoms with Gasteiger partial charge in [0.1, 0.15) is 0 Å². The Morgan fingerprint density at radius 2 is 2.18 bits per heavy atom. The maximum atomic E-state index is 11.3. The molecule has 0 bridgehead atoms. The van der Waals surface area contributed by atoms with Gasteiger partial charge in [-0.2, -0.15) is 0 Å². The summed E-state index contributed by atoms with van der Waals surface area (Å²) >= 11 is 0. The highest BCUT2D eigenvalue weighted by molar-refractivity contribution is 5.76. The largest absolute Gasteiger partial charge is 0.481 e. The van der Waals surface area contributed by atoms with Crippen molar-refractivity contribution in [1.82, 2.24) is 0 Å². The van der Waals surface area contributed by atoms with Crippen LogP contribution in [0.5, 0.6) is 0 Å². The monoisotopic (exact) mass is 234 g/mol. The van der Waals surface area contributed by atoms with Crippen molar-refractivity contribution in [3.8, 4) is 0 Å². The van der Waals surface area contributed by atoms with Crippen molar-refractivity contribution < 1.29 is 14.6 Å². The van der Waals surface area contributed by atoms with Crippen LogP contribution in [-0.2, 0) is 9.53 Å². The van der Waals surface area contributed by atoms with Gasteiger partial charge in [-0.3, -0.25) is 4.79 Å². The number of carboxylic acid groups (broad SMARTS) is 1. The van der Waals surface area contributed by atoms with E-state index in [4.69, 9.17) is 4.74 Å². The van der Waals surface area contributed by atoms with Crippen LogP contribution in [0.3, 0.4) is 0 Å². The molecule has 2 atom stereocenters. The van der Waals surface area contributed by atoms with Crippen LogP contribution in [0, 0.1) is 5.92 Å². The molecule has 1 saturated heterocycles. The van der Waals surface area contributed by atoms with Crippen LogP contribution in [0.2, 0.25) is 0 Å². The summed E-state index contributed by atoms with van der Waals surface area (Å²) in [5, 5.41) is 9.32. The summed E-state index contributed by atoms with van der Waals surface area (Å²) < 4.78 is 5.41. The van der Waals surface area contributed by atoms with Gasteiger partial charge in [-0.1, -0.05) is 30.3 Å². The highest BCUT2D eigenvalue weighted by atomic mass is 16.5. The molecular formula is C14H18O3. The minimum absolute atomic E-state index is 0.380. The second-order valence-corrected chi connectivity index (χ2v) is 4.62. The standard InChI is InChI=1S/C14H18O3/c15-14(16)13(12-6-2-1-3-7-12)9-11-5-4-8-17-10-11/h1-3,6-7,11,13H,4-5,8-10H2,(H,15,16). The van der Waals surface area contributed by atoms with Gasteiger partial charge in [-0.25, -0.2) is 0 Å². The van der Waals surface area contributed by atoms with Crippen LogP contribution in [0.25, 0.3) is 0 Å². The number of aliphatic carboxylic acids is 1. The van der Waals surface area contributed by atoms with Gasteiger partial charge < -0.3 is 9.84 Å². The van der Waals surface area contributed by atoms with Crippen LogP contribution < -0.4 is 0 Å². The molecule has 1 N–H and O–H groups in total. The first-order chi connectivity index (χ1) is 8.27. The number of rotatable bonds is 4. The van der Waals surface area contributed by atoms with E-state index in [1.165, 1.54) is 0 Å². The van der Waals surface area contributed by atoms with E-state index < -0.39 is 11.9 Å². The van der Waals surface area contributed by atoms with Crippen molar-refractivity contribution in [3.05, 3.63) is 35.9 Å². The fourth-order valence-electron chi connectivity index (χ4n) is 2.39. The lowest BCUT2D eigenvalue weighted by Crippen LogP contribution is -2.22. The van der Waals surface area contributed by atoms with E-state index in [0.29, 0.717) is 18.9 Å². The molecule has 0 saturated carbocycles. The summed E-state index contributed by atoms with van der Waals surface area (Å²) in [6.07, 6.45) is 2.81. The Balaban J connectivity index is 2.05. The quantitative estimate of drug-likeness (QED) is 0.871. The van der Waals surface area contributed by atoms with E-state index in [9.17, 15) is 9.90 Å². The van der Waals surface area contributed by atoms with Gasteiger partial charge in [0.2, 0.25) is 0 Å². The van der Waals surface area contributed by atoms with Gasteiger partial charge >= 0.3 is 5.97 Å². The maximum Gasteiger partial charge on any atom is 0.310 e. The van der Waals surface area contributed by atoms with Crippen molar-refractivity contribution in [2.24, 2.45) is 5.92 Å². The lowest BCUT2D eigenvalue weighted by atomic mass is 9.86. The van der Waals surface area contributed by atoms with Crippen LogP contribution in [-0.4, -0.2) is 24.3 Å². The summed E-state index contributed by atoms with van der Waals surface area (Å²) in [6, 6.07) is 9.47. The molecular weight excluding hydrogens is 216 g/mol. The van der Waals surface area contributed by atoms with Crippen molar-refractivity contribution in [1.29, 1.82) is 0 Å². The summed E-state index contributed by atoms with van der Waals surface area (Å²) in [6.45, 7) is 1.52. The van der Waals surface area contributed by atoms with Crippen molar-refractivity contribution in [3.63, 3.8) is 0 Å². The molecule has 1 aromatic rings. The second-order valence-electron chi connectivity index (χ2n) is 4.62. The topological polar surface area (TPSA) is 46.5 Å². The fraction of sp³-hybridized carbons (Fsp3) is 0.500. The molecule has 3 nitrogen and oxygen atoms in total. The van der Waals surface area contributed by atoms with Crippen LogP contribution in [0.4, 0.5) is 0 Å².